The Morgan fingerprint density at radius 1 is 0.933 bits per heavy atom. The number of hydrogen-bond donors (Lipinski definition) is 1. The summed E-state index contributed by atoms with van der Waals surface area (Å²) >= 11 is 0. The average Bonchev–Trinajstić information content (AvgIpc) is 3.17. The van der Waals surface area contributed by atoms with E-state index in [-0.39, 0.29) is 11.9 Å². The highest BCUT2D eigenvalue weighted by atomic mass is 19.1. The molecule has 0 saturated carbocycles. The summed E-state index contributed by atoms with van der Waals surface area (Å²) in [5.74, 6) is 1.78. The number of rotatable bonds is 4. The Labute approximate surface area is 173 Å². The van der Waals surface area contributed by atoms with Crippen LogP contribution in [0.4, 0.5) is 10.3 Å². The lowest BCUT2D eigenvalue weighted by Gasteiger charge is -2.28. The molecular weight excluding hydrogens is 381 g/mol. The number of halogens is 1. The van der Waals surface area contributed by atoms with E-state index >= 15 is 0 Å². The van der Waals surface area contributed by atoms with E-state index < -0.39 is 0 Å². The third-order valence-corrected chi connectivity index (χ3v) is 5.35. The third kappa shape index (κ3) is 2.88. The zero-order chi connectivity index (χ0) is 20.7. The smallest absolute Gasteiger partial charge is 0.209 e. The van der Waals surface area contributed by atoms with Gasteiger partial charge in [-0.15, -0.1) is 0 Å². The van der Waals surface area contributed by atoms with Crippen molar-refractivity contribution in [3.8, 4) is 11.5 Å². The van der Waals surface area contributed by atoms with E-state index in [0.29, 0.717) is 17.4 Å². The Bertz CT molecular complexity index is 1260. The van der Waals surface area contributed by atoms with Gasteiger partial charge in [-0.25, -0.2) is 9.37 Å². The number of imidazole rings is 1. The van der Waals surface area contributed by atoms with Crippen molar-refractivity contribution in [1.82, 2.24) is 9.55 Å². The number of anilines is 1. The average molecular weight is 401 g/mol. The van der Waals surface area contributed by atoms with Gasteiger partial charge in [0.25, 0.3) is 0 Å². The molecule has 4 aromatic rings. The monoisotopic (exact) mass is 401 g/mol. The lowest BCUT2D eigenvalue weighted by Crippen LogP contribution is -2.19. The standard InChI is InChI=1S/C24H20FN3O2/c1-29-22-9-5-6-17(23(22)30-2)21-14-19(15-10-12-16(25)13-11-15)27-24-26-18-7-3-4-8-20(18)28(21)24/h3-14,21H,1-2H3,(H,26,27). The molecule has 5 nitrogen and oxygen atoms in total. The Kier molecular flexibility index (Phi) is 4.39. The molecule has 0 saturated heterocycles. The second-order valence-corrected chi connectivity index (χ2v) is 7.03. The van der Waals surface area contributed by atoms with Crippen molar-refractivity contribution in [3.63, 3.8) is 0 Å². The molecule has 1 unspecified atom stereocenters. The first-order valence-electron chi connectivity index (χ1n) is 9.62. The van der Waals surface area contributed by atoms with Crippen molar-refractivity contribution >= 4 is 22.7 Å². The molecule has 0 radical (unpaired) electrons. The maximum atomic E-state index is 13.5. The summed E-state index contributed by atoms with van der Waals surface area (Å²) in [6.07, 6.45) is 2.10. The van der Waals surface area contributed by atoms with Crippen LogP contribution in [0.3, 0.4) is 0 Å². The summed E-state index contributed by atoms with van der Waals surface area (Å²) in [7, 11) is 3.27. The molecule has 0 aliphatic carbocycles. The second-order valence-electron chi connectivity index (χ2n) is 7.03. The van der Waals surface area contributed by atoms with E-state index in [4.69, 9.17) is 14.5 Å². The molecule has 1 aliphatic rings. The van der Waals surface area contributed by atoms with E-state index in [1.165, 1.54) is 12.1 Å². The second kappa shape index (κ2) is 7.22. The van der Waals surface area contributed by atoms with E-state index in [0.717, 1.165) is 27.9 Å². The summed E-state index contributed by atoms with van der Waals surface area (Å²) in [4.78, 5) is 4.79. The number of allylic oxidation sites excluding steroid dienone is 1. The number of aromatic nitrogens is 2. The van der Waals surface area contributed by atoms with Gasteiger partial charge < -0.3 is 14.8 Å². The Hall–Kier alpha value is -3.80. The molecule has 1 atom stereocenters. The Morgan fingerprint density at radius 2 is 1.73 bits per heavy atom. The van der Waals surface area contributed by atoms with Gasteiger partial charge in [-0.05, 0) is 54.1 Å². The molecule has 5 rings (SSSR count). The van der Waals surface area contributed by atoms with Crippen LogP contribution in [0, 0.1) is 5.82 Å². The van der Waals surface area contributed by atoms with Gasteiger partial charge in [-0.2, -0.15) is 0 Å². The third-order valence-electron chi connectivity index (χ3n) is 5.35. The summed E-state index contributed by atoms with van der Waals surface area (Å²) < 4.78 is 26.9. The van der Waals surface area contributed by atoms with Gasteiger partial charge in [-0.3, -0.25) is 4.57 Å². The van der Waals surface area contributed by atoms with Crippen molar-refractivity contribution in [2.45, 2.75) is 6.04 Å². The minimum atomic E-state index is -0.270. The molecule has 30 heavy (non-hydrogen) atoms. The highest BCUT2D eigenvalue weighted by Crippen LogP contribution is 2.42. The first-order valence-corrected chi connectivity index (χ1v) is 9.62. The first-order chi connectivity index (χ1) is 14.7. The zero-order valence-electron chi connectivity index (χ0n) is 16.6. The van der Waals surface area contributed by atoms with Crippen LogP contribution in [0.15, 0.2) is 72.8 Å². The zero-order valence-corrected chi connectivity index (χ0v) is 16.6. The van der Waals surface area contributed by atoms with Crippen LogP contribution in [0.5, 0.6) is 11.5 Å². The van der Waals surface area contributed by atoms with Crippen LogP contribution in [0.1, 0.15) is 17.2 Å². The number of fused-ring (bicyclic) bond motifs is 3. The summed E-state index contributed by atoms with van der Waals surface area (Å²) in [6.45, 7) is 0. The minimum Gasteiger partial charge on any atom is -0.493 e. The maximum absolute atomic E-state index is 13.5. The fourth-order valence-electron chi connectivity index (χ4n) is 3.98. The fourth-order valence-corrected chi connectivity index (χ4v) is 3.98. The van der Waals surface area contributed by atoms with Crippen molar-refractivity contribution < 1.29 is 13.9 Å². The number of hydrogen-bond acceptors (Lipinski definition) is 4. The van der Waals surface area contributed by atoms with E-state index in [2.05, 4.69) is 16.0 Å². The molecule has 0 fully saturated rings. The normalized spacial score (nSPS) is 15.3. The minimum absolute atomic E-state index is 0.196. The number of para-hydroxylation sites is 3. The van der Waals surface area contributed by atoms with Crippen molar-refractivity contribution in [1.29, 1.82) is 0 Å². The molecule has 1 aromatic heterocycles. The van der Waals surface area contributed by atoms with Crippen LogP contribution in [0.25, 0.3) is 16.7 Å². The van der Waals surface area contributed by atoms with Gasteiger partial charge in [0.1, 0.15) is 5.82 Å². The highest BCUT2D eigenvalue weighted by molar-refractivity contribution is 5.85. The van der Waals surface area contributed by atoms with Gasteiger partial charge >= 0.3 is 0 Å². The lowest BCUT2D eigenvalue weighted by atomic mass is 9.99. The van der Waals surface area contributed by atoms with Gasteiger partial charge in [-0.1, -0.05) is 24.3 Å². The molecule has 1 N–H and O–H groups in total. The number of nitrogens with one attached hydrogen (secondary N) is 1. The van der Waals surface area contributed by atoms with Crippen LogP contribution < -0.4 is 14.8 Å². The highest BCUT2D eigenvalue weighted by Gasteiger charge is 2.28. The maximum Gasteiger partial charge on any atom is 0.209 e. The Morgan fingerprint density at radius 3 is 2.50 bits per heavy atom. The van der Waals surface area contributed by atoms with Crippen LogP contribution in [0.2, 0.25) is 0 Å². The van der Waals surface area contributed by atoms with Crippen molar-refractivity contribution in [2.24, 2.45) is 0 Å². The topological polar surface area (TPSA) is 48.3 Å². The number of nitrogens with zero attached hydrogens (tertiary/aromatic N) is 2. The van der Waals surface area contributed by atoms with E-state index in [1.807, 2.05) is 42.5 Å². The van der Waals surface area contributed by atoms with Crippen LogP contribution in [-0.4, -0.2) is 23.8 Å². The number of methoxy groups -OCH3 is 2. The summed E-state index contributed by atoms with van der Waals surface area (Å²) in [6, 6.07) is 20.1. The molecule has 0 bridgehead atoms. The summed E-state index contributed by atoms with van der Waals surface area (Å²) in [5.41, 5.74) is 4.57. The molecule has 3 aromatic carbocycles. The van der Waals surface area contributed by atoms with Crippen LogP contribution in [-0.2, 0) is 0 Å². The fraction of sp³-hybridized carbons (Fsp3) is 0.125. The lowest BCUT2D eigenvalue weighted by molar-refractivity contribution is 0.350. The summed E-state index contributed by atoms with van der Waals surface area (Å²) in [5, 5.41) is 3.41. The predicted octanol–water partition coefficient (Wildman–Crippen LogP) is 5.25. The SMILES string of the molecule is COc1cccc(C2C=C(c3ccc(F)cc3)Nc3nc4ccccc4n32)c1OC. The largest absolute Gasteiger partial charge is 0.493 e. The Balaban J connectivity index is 1.75. The van der Waals surface area contributed by atoms with Gasteiger partial charge in [0.2, 0.25) is 5.95 Å². The van der Waals surface area contributed by atoms with Gasteiger partial charge in [0.05, 0.1) is 31.3 Å². The molecule has 0 amide bonds. The molecule has 150 valence electrons. The van der Waals surface area contributed by atoms with Crippen molar-refractivity contribution in [2.75, 3.05) is 19.5 Å². The molecule has 1 aliphatic heterocycles. The molecule has 6 heteroatoms. The van der Waals surface area contributed by atoms with E-state index in [1.54, 1.807) is 26.4 Å². The number of benzene rings is 3. The van der Waals surface area contributed by atoms with Gasteiger partial charge in [0, 0.05) is 11.3 Å². The van der Waals surface area contributed by atoms with Gasteiger partial charge in [0.15, 0.2) is 11.5 Å². The van der Waals surface area contributed by atoms with Crippen LogP contribution >= 0.6 is 0 Å². The molecule has 0 spiro atoms. The van der Waals surface area contributed by atoms with E-state index in [9.17, 15) is 4.39 Å². The first kappa shape index (κ1) is 18.2. The van der Waals surface area contributed by atoms with Crippen molar-refractivity contribution in [3.05, 3.63) is 89.8 Å². The quantitative estimate of drug-likeness (QED) is 0.508. The predicted molar refractivity (Wildman–Crippen MR) is 115 cm³/mol. The molecule has 2 heterocycles. The number of ether oxygens (including phenoxy) is 2. The molecular formula is C24H20FN3O2.